The van der Waals surface area contributed by atoms with Crippen molar-refractivity contribution in [2.24, 2.45) is 11.8 Å². The number of halogens is 1. The molecular formula is C13H17FO3. The minimum atomic E-state index is -0.919. The Labute approximate surface area is 100 Å². The molecule has 0 saturated heterocycles. The molecule has 0 aliphatic heterocycles. The van der Waals surface area contributed by atoms with Crippen LogP contribution >= 0.6 is 0 Å². The molecule has 2 unspecified atom stereocenters. The fraction of sp³-hybridized carbons (Fsp3) is 0.462. The third kappa shape index (κ3) is 3.82. The molecule has 1 N–H and O–H groups in total. The SMILES string of the molecule is COCC(C)C(Cc1ccccc1F)C(=O)O. The van der Waals surface area contributed by atoms with Gasteiger partial charge in [-0.25, -0.2) is 4.39 Å². The fourth-order valence-corrected chi connectivity index (χ4v) is 1.81. The van der Waals surface area contributed by atoms with Crippen LogP contribution in [0.3, 0.4) is 0 Å². The lowest BCUT2D eigenvalue weighted by molar-refractivity contribution is -0.144. The maximum atomic E-state index is 13.4. The number of aliphatic carboxylic acids is 1. The van der Waals surface area contributed by atoms with Gasteiger partial charge in [-0.05, 0) is 24.0 Å². The van der Waals surface area contributed by atoms with Crippen molar-refractivity contribution in [1.82, 2.24) is 0 Å². The van der Waals surface area contributed by atoms with E-state index in [-0.39, 0.29) is 18.2 Å². The first-order chi connectivity index (χ1) is 8.06. The smallest absolute Gasteiger partial charge is 0.307 e. The Morgan fingerprint density at radius 3 is 2.65 bits per heavy atom. The number of carboxylic acids is 1. The summed E-state index contributed by atoms with van der Waals surface area (Å²) in [5.41, 5.74) is 0.433. The van der Waals surface area contributed by atoms with Crippen LogP contribution in [0.4, 0.5) is 4.39 Å². The van der Waals surface area contributed by atoms with Crippen LogP contribution in [0.25, 0.3) is 0 Å². The van der Waals surface area contributed by atoms with Crippen LogP contribution in [0.2, 0.25) is 0 Å². The number of carbonyl (C=O) groups is 1. The second-order valence-corrected chi connectivity index (χ2v) is 4.17. The summed E-state index contributed by atoms with van der Waals surface area (Å²) in [6.45, 7) is 2.15. The van der Waals surface area contributed by atoms with E-state index in [0.717, 1.165) is 0 Å². The van der Waals surface area contributed by atoms with Crippen LogP contribution in [0.5, 0.6) is 0 Å². The van der Waals surface area contributed by atoms with Crippen molar-refractivity contribution in [3.8, 4) is 0 Å². The second-order valence-electron chi connectivity index (χ2n) is 4.17. The van der Waals surface area contributed by atoms with E-state index in [1.54, 1.807) is 25.1 Å². The molecule has 4 heteroatoms. The summed E-state index contributed by atoms with van der Waals surface area (Å²) in [4.78, 5) is 11.2. The molecule has 1 aromatic rings. The zero-order valence-corrected chi connectivity index (χ0v) is 10.0. The van der Waals surface area contributed by atoms with Gasteiger partial charge in [0, 0.05) is 13.7 Å². The Bertz CT molecular complexity index is 379. The van der Waals surface area contributed by atoms with Crippen LogP contribution in [-0.4, -0.2) is 24.8 Å². The Balaban J connectivity index is 2.80. The Morgan fingerprint density at radius 1 is 1.47 bits per heavy atom. The van der Waals surface area contributed by atoms with E-state index in [2.05, 4.69) is 0 Å². The molecule has 0 spiro atoms. The van der Waals surface area contributed by atoms with E-state index >= 15 is 0 Å². The predicted molar refractivity (Wildman–Crippen MR) is 62.3 cm³/mol. The summed E-state index contributed by atoms with van der Waals surface area (Å²) in [5.74, 6) is -2.06. The van der Waals surface area contributed by atoms with Crippen molar-refractivity contribution in [2.75, 3.05) is 13.7 Å². The van der Waals surface area contributed by atoms with Crippen molar-refractivity contribution < 1.29 is 19.0 Å². The maximum Gasteiger partial charge on any atom is 0.307 e. The highest BCUT2D eigenvalue weighted by atomic mass is 19.1. The minimum Gasteiger partial charge on any atom is -0.481 e. The van der Waals surface area contributed by atoms with E-state index in [1.165, 1.54) is 13.2 Å². The lowest BCUT2D eigenvalue weighted by Crippen LogP contribution is -2.27. The van der Waals surface area contributed by atoms with Crippen LogP contribution in [0, 0.1) is 17.7 Å². The molecule has 17 heavy (non-hydrogen) atoms. The molecule has 0 radical (unpaired) electrons. The number of hydrogen-bond acceptors (Lipinski definition) is 2. The molecule has 2 atom stereocenters. The quantitative estimate of drug-likeness (QED) is 0.830. The molecule has 1 aromatic carbocycles. The van der Waals surface area contributed by atoms with Gasteiger partial charge in [0.05, 0.1) is 5.92 Å². The molecule has 0 bridgehead atoms. The van der Waals surface area contributed by atoms with Crippen molar-refractivity contribution in [3.05, 3.63) is 35.6 Å². The van der Waals surface area contributed by atoms with Crippen molar-refractivity contribution in [2.45, 2.75) is 13.3 Å². The molecule has 0 saturated carbocycles. The van der Waals surface area contributed by atoms with E-state index in [1.807, 2.05) is 0 Å². The average molecular weight is 240 g/mol. The minimum absolute atomic E-state index is 0.155. The number of benzene rings is 1. The summed E-state index contributed by atoms with van der Waals surface area (Å²) < 4.78 is 18.4. The van der Waals surface area contributed by atoms with Crippen LogP contribution in [0.1, 0.15) is 12.5 Å². The van der Waals surface area contributed by atoms with Gasteiger partial charge in [-0.3, -0.25) is 4.79 Å². The molecule has 1 rings (SSSR count). The summed E-state index contributed by atoms with van der Waals surface area (Å²) in [7, 11) is 1.53. The molecule has 94 valence electrons. The van der Waals surface area contributed by atoms with Crippen LogP contribution in [0.15, 0.2) is 24.3 Å². The lowest BCUT2D eigenvalue weighted by Gasteiger charge is -2.19. The van der Waals surface area contributed by atoms with Crippen LogP contribution in [-0.2, 0) is 16.0 Å². The molecular weight excluding hydrogens is 223 g/mol. The summed E-state index contributed by atoms with van der Waals surface area (Å²) >= 11 is 0. The first-order valence-corrected chi connectivity index (χ1v) is 5.51. The zero-order chi connectivity index (χ0) is 12.8. The second kappa shape index (κ2) is 6.35. The normalized spacial score (nSPS) is 14.3. The fourth-order valence-electron chi connectivity index (χ4n) is 1.81. The highest BCUT2D eigenvalue weighted by Crippen LogP contribution is 2.20. The Kier molecular flexibility index (Phi) is 5.10. The van der Waals surface area contributed by atoms with Crippen LogP contribution < -0.4 is 0 Å². The van der Waals surface area contributed by atoms with Gasteiger partial charge in [0.2, 0.25) is 0 Å². The van der Waals surface area contributed by atoms with E-state index < -0.39 is 11.9 Å². The van der Waals surface area contributed by atoms with Crippen molar-refractivity contribution in [1.29, 1.82) is 0 Å². The number of rotatable bonds is 6. The molecule has 0 aromatic heterocycles. The van der Waals surface area contributed by atoms with E-state index in [0.29, 0.717) is 12.2 Å². The monoisotopic (exact) mass is 240 g/mol. The summed E-state index contributed by atoms with van der Waals surface area (Å²) in [6, 6.07) is 6.26. The van der Waals surface area contributed by atoms with Gasteiger partial charge in [0.1, 0.15) is 5.82 Å². The third-order valence-corrected chi connectivity index (χ3v) is 2.83. The molecule has 0 aliphatic rings. The molecule has 3 nitrogen and oxygen atoms in total. The first kappa shape index (κ1) is 13.6. The van der Waals surface area contributed by atoms with Gasteiger partial charge in [-0.15, -0.1) is 0 Å². The van der Waals surface area contributed by atoms with Gasteiger partial charge in [0.25, 0.3) is 0 Å². The molecule has 0 aliphatic carbocycles. The largest absolute Gasteiger partial charge is 0.481 e. The van der Waals surface area contributed by atoms with Gasteiger partial charge in [0.15, 0.2) is 0 Å². The van der Waals surface area contributed by atoms with E-state index in [4.69, 9.17) is 9.84 Å². The Hall–Kier alpha value is -1.42. The van der Waals surface area contributed by atoms with Gasteiger partial charge >= 0.3 is 5.97 Å². The maximum absolute atomic E-state index is 13.4. The Morgan fingerprint density at radius 2 is 2.12 bits per heavy atom. The highest BCUT2D eigenvalue weighted by molar-refractivity contribution is 5.70. The number of methoxy groups -OCH3 is 1. The summed E-state index contributed by atoms with van der Waals surface area (Å²) in [5, 5.41) is 9.14. The van der Waals surface area contributed by atoms with Crippen molar-refractivity contribution in [3.63, 3.8) is 0 Å². The number of hydrogen-bond donors (Lipinski definition) is 1. The molecule has 0 amide bonds. The van der Waals surface area contributed by atoms with Crippen molar-refractivity contribution >= 4 is 5.97 Å². The average Bonchev–Trinajstić information content (AvgIpc) is 2.27. The standard InChI is InChI=1S/C13H17FO3/c1-9(8-17-2)11(13(15)16)7-10-5-3-4-6-12(10)14/h3-6,9,11H,7-8H2,1-2H3,(H,15,16). The topological polar surface area (TPSA) is 46.5 Å². The summed E-state index contributed by atoms with van der Waals surface area (Å²) in [6.07, 6.45) is 0.187. The predicted octanol–water partition coefficient (Wildman–Crippen LogP) is 2.35. The molecule has 0 heterocycles. The number of ether oxygens (including phenoxy) is 1. The molecule has 0 fully saturated rings. The van der Waals surface area contributed by atoms with Gasteiger partial charge in [-0.2, -0.15) is 0 Å². The first-order valence-electron chi connectivity index (χ1n) is 5.51. The third-order valence-electron chi connectivity index (χ3n) is 2.83. The van der Waals surface area contributed by atoms with Gasteiger partial charge < -0.3 is 9.84 Å². The zero-order valence-electron chi connectivity index (χ0n) is 10.0. The van der Waals surface area contributed by atoms with Gasteiger partial charge in [-0.1, -0.05) is 25.1 Å². The van der Waals surface area contributed by atoms with E-state index in [9.17, 15) is 9.18 Å². The highest BCUT2D eigenvalue weighted by Gasteiger charge is 2.25. The number of carboxylic acid groups (broad SMARTS) is 1. The lowest BCUT2D eigenvalue weighted by atomic mass is 9.88.